The largest absolute Gasteiger partial charge is 0.489 e. The average Bonchev–Trinajstić information content (AvgIpc) is 3.05. The van der Waals surface area contributed by atoms with Crippen molar-refractivity contribution >= 4 is 5.97 Å². The molecule has 0 radical (unpaired) electrons. The number of benzene rings is 2. The number of nitrogens with zero attached hydrogens (tertiary/aromatic N) is 2. The van der Waals surface area contributed by atoms with E-state index in [1.165, 1.54) is 0 Å². The fourth-order valence-electron chi connectivity index (χ4n) is 1.86. The third-order valence-corrected chi connectivity index (χ3v) is 2.97. The van der Waals surface area contributed by atoms with E-state index in [2.05, 4.69) is 10.1 Å². The van der Waals surface area contributed by atoms with Gasteiger partial charge in [0.15, 0.2) is 0 Å². The minimum atomic E-state index is -1.22. The van der Waals surface area contributed by atoms with Crippen molar-refractivity contribution in [1.29, 1.82) is 0 Å². The van der Waals surface area contributed by atoms with Crippen LogP contribution in [0.25, 0.3) is 11.5 Å². The lowest BCUT2D eigenvalue weighted by atomic mass is 10.2. The molecule has 0 bridgehead atoms. The first-order valence-electron chi connectivity index (χ1n) is 6.56. The Kier molecular flexibility index (Phi) is 3.82. The number of ether oxygens (including phenoxy) is 1. The molecular weight excluding hydrogens is 284 g/mol. The van der Waals surface area contributed by atoms with Gasteiger partial charge in [-0.15, -0.1) is 0 Å². The van der Waals surface area contributed by atoms with Gasteiger partial charge >= 0.3 is 5.97 Å². The fraction of sp³-hybridized carbons (Fsp3) is 0.0625. The normalized spacial score (nSPS) is 10.4. The molecule has 6 heteroatoms. The van der Waals surface area contributed by atoms with Crippen LogP contribution in [0, 0.1) is 0 Å². The maximum Gasteiger partial charge on any atom is 0.377 e. The summed E-state index contributed by atoms with van der Waals surface area (Å²) in [6, 6.07) is 16.8. The van der Waals surface area contributed by atoms with Crippen molar-refractivity contribution in [3.05, 3.63) is 66.0 Å². The zero-order valence-electron chi connectivity index (χ0n) is 11.5. The lowest BCUT2D eigenvalue weighted by molar-refractivity contribution is 0.0680. The van der Waals surface area contributed by atoms with E-state index in [-0.39, 0.29) is 11.7 Å². The number of carbonyl (C=O) groups is 1. The van der Waals surface area contributed by atoms with Crippen LogP contribution >= 0.6 is 0 Å². The van der Waals surface area contributed by atoms with E-state index in [1.54, 1.807) is 24.3 Å². The van der Waals surface area contributed by atoms with E-state index >= 15 is 0 Å². The first-order chi connectivity index (χ1) is 10.7. The Bertz CT molecular complexity index is 766. The van der Waals surface area contributed by atoms with E-state index in [4.69, 9.17) is 14.4 Å². The average molecular weight is 296 g/mol. The predicted molar refractivity (Wildman–Crippen MR) is 77.5 cm³/mol. The van der Waals surface area contributed by atoms with Crippen LogP contribution in [0.15, 0.2) is 59.1 Å². The van der Waals surface area contributed by atoms with Crippen molar-refractivity contribution in [2.24, 2.45) is 0 Å². The maximum atomic E-state index is 10.7. The standard InChI is InChI=1S/C16H12N2O4/c19-16(20)14-17-15(22-18-14)12-6-8-13(9-7-12)21-10-11-4-2-1-3-5-11/h1-9H,10H2,(H,19,20). The Labute approximate surface area is 126 Å². The summed E-state index contributed by atoms with van der Waals surface area (Å²) in [4.78, 5) is 14.5. The molecule has 1 N–H and O–H groups in total. The summed E-state index contributed by atoms with van der Waals surface area (Å²) in [5.74, 6) is -0.727. The van der Waals surface area contributed by atoms with E-state index in [0.29, 0.717) is 17.9 Å². The molecule has 3 aromatic rings. The van der Waals surface area contributed by atoms with Gasteiger partial charge in [-0.1, -0.05) is 30.3 Å². The molecule has 110 valence electrons. The molecular formula is C16H12N2O4. The molecule has 0 aliphatic rings. The molecule has 22 heavy (non-hydrogen) atoms. The van der Waals surface area contributed by atoms with Crippen molar-refractivity contribution in [2.45, 2.75) is 6.61 Å². The lowest BCUT2D eigenvalue weighted by Gasteiger charge is -2.06. The van der Waals surface area contributed by atoms with Crippen LogP contribution in [-0.2, 0) is 6.61 Å². The SMILES string of the molecule is O=C(O)c1noc(-c2ccc(OCc3ccccc3)cc2)n1. The molecule has 0 atom stereocenters. The molecule has 0 saturated carbocycles. The first kappa shape index (κ1) is 13.8. The van der Waals surface area contributed by atoms with E-state index in [9.17, 15) is 4.79 Å². The van der Waals surface area contributed by atoms with Crippen molar-refractivity contribution in [3.8, 4) is 17.2 Å². The Hall–Kier alpha value is -3.15. The second-order valence-corrected chi connectivity index (χ2v) is 4.53. The summed E-state index contributed by atoms with van der Waals surface area (Å²) in [5.41, 5.74) is 1.71. The number of carboxylic acids is 1. The fourth-order valence-corrected chi connectivity index (χ4v) is 1.86. The molecule has 0 fully saturated rings. The number of aromatic nitrogens is 2. The summed E-state index contributed by atoms with van der Waals surface area (Å²) < 4.78 is 10.6. The van der Waals surface area contributed by atoms with E-state index < -0.39 is 5.97 Å². The summed E-state index contributed by atoms with van der Waals surface area (Å²) in [6.45, 7) is 0.476. The van der Waals surface area contributed by atoms with Gasteiger partial charge in [-0.2, -0.15) is 4.98 Å². The van der Waals surface area contributed by atoms with Crippen LogP contribution in [-0.4, -0.2) is 21.2 Å². The smallest absolute Gasteiger partial charge is 0.377 e. The van der Waals surface area contributed by atoms with Gasteiger partial charge in [0, 0.05) is 5.56 Å². The second kappa shape index (κ2) is 6.09. The van der Waals surface area contributed by atoms with E-state index in [1.807, 2.05) is 30.3 Å². The van der Waals surface area contributed by atoms with Gasteiger partial charge < -0.3 is 14.4 Å². The first-order valence-corrected chi connectivity index (χ1v) is 6.56. The Morgan fingerprint density at radius 1 is 1.09 bits per heavy atom. The Balaban J connectivity index is 1.68. The molecule has 3 rings (SSSR count). The van der Waals surface area contributed by atoms with Gasteiger partial charge in [0.25, 0.3) is 11.7 Å². The number of hydrogen-bond acceptors (Lipinski definition) is 5. The Morgan fingerprint density at radius 3 is 2.45 bits per heavy atom. The van der Waals surface area contributed by atoms with Crippen LogP contribution in [0.2, 0.25) is 0 Å². The Morgan fingerprint density at radius 2 is 1.82 bits per heavy atom. The highest BCUT2D eigenvalue weighted by atomic mass is 16.5. The summed E-state index contributed by atoms with van der Waals surface area (Å²) in [6.07, 6.45) is 0. The lowest BCUT2D eigenvalue weighted by Crippen LogP contribution is -1.98. The van der Waals surface area contributed by atoms with Gasteiger partial charge in [-0.25, -0.2) is 4.79 Å². The van der Waals surface area contributed by atoms with Crippen molar-refractivity contribution in [1.82, 2.24) is 10.1 Å². The van der Waals surface area contributed by atoms with Crippen LogP contribution in [0.1, 0.15) is 16.2 Å². The maximum absolute atomic E-state index is 10.7. The second-order valence-electron chi connectivity index (χ2n) is 4.53. The van der Waals surface area contributed by atoms with Crippen molar-refractivity contribution < 1.29 is 19.2 Å². The number of carboxylic acid groups (broad SMARTS) is 1. The van der Waals surface area contributed by atoms with Crippen molar-refractivity contribution in [3.63, 3.8) is 0 Å². The van der Waals surface area contributed by atoms with Crippen LogP contribution < -0.4 is 4.74 Å². The monoisotopic (exact) mass is 296 g/mol. The summed E-state index contributed by atoms with van der Waals surface area (Å²) in [5, 5.41) is 12.1. The van der Waals surface area contributed by atoms with Crippen LogP contribution in [0.5, 0.6) is 5.75 Å². The molecule has 1 aromatic heterocycles. The third kappa shape index (κ3) is 3.12. The summed E-state index contributed by atoms with van der Waals surface area (Å²) >= 11 is 0. The molecule has 1 heterocycles. The molecule has 0 aliphatic heterocycles. The molecule has 0 amide bonds. The third-order valence-electron chi connectivity index (χ3n) is 2.97. The zero-order chi connectivity index (χ0) is 15.4. The summed E-state index contributed by atoms with van der Waals surface area (Å²) in [7, 11) is 0. The molecule has 6 nitrogen and oxygen atoms in total. The molecule has 0 spiro atoms. The van der Waals surface area contributed by atoms with Gasteiger partial charge in [0.05, 0.1) is 0 Å². The number of rotatable bonds is 5. The minimum Gasteiger partial charge on any atom is -0.489 e. The topological polar surface area (TPSA) is 85.5 Å². The molecule has 0 aliphatic carbocycles. The predicted octanol–water partition coefficient (Wildman–Crippen LogP) is 3.01. The van der Waals surface area contributed by atoms with Gasteiger partial charge in [-0.3, -0.25) is 0 Å². The van der Waals surface area contributed by atoms with Crippen LogP contribution in [0.3, 0.4) is 0 Å². The van der Waals surface area contributed by atoms with Crippen LogP contribution in [0.4, 0.5) is 0 Å². The minimum absolute atomic E-state index is 0.159. The van der Waals surface area contributed by atoms with Gasteiger partial charge in [0.1, 0.15) is 12.4 Å². The highest BCUT2D eigenvalue weighted by Gasteiger charge is 2.14. The van der Waals surface area contributed by atoms with Gasteiger partial charge in [0.2, 0.25) is 0 Å². The number of aromatic carboxylic acids is 1. The molecule has 0 unspecified atom stereocenters. The number of hydrogen-bond donors (Lipinski definition) is 1. The highest BCUT2D eigenvalue weighted by molar-refractivity contribution is 5.83. The van der Waals surface area contributed by atoms with Gasteiger partial charge in [-0.05, 0) is 35.0 Å². The van der Waals surface area contributed by atoms with Crippen molar-refractivity contribution in [2.75, 3.05) is 0 Å². The quantitative estimate of drug-likeness (QED) is 0.779. The van der Waals surface area contributed by atoms with E-state index in [0.717, 1.165) is 5.56 Å². The molecule has 0 saturated heterocycles. The zero-order valence-corrected chi connectivity index (χ0v) is 11.5. The molecule has 2 aromatic carbocycles. The highest BCUT2D eigenvalue weighted by Crippen LogP contribution is 2.21.